The predicted octanol–water partition coefficient (Wildman–Crippen LogP) is 3.55. The van der Waals surface area contributed by atoms with Gasteiger partial charge in [-0.15, -0.1) is 0 Å². The summed E-state index contributed by atoms with van der Waals surface area (Å²) in [5.74, 6) is 1.24. The molecule has 1 aliphatic carbocycles. The lowest BCUT2D eigenvalue weighted by atomic mass is 9.92. The van der Waals surface area contributed by atoms with E-state index in [1.54, 1.807) is 6.20 Å². The standard InChI is InChI=1S/C24H31N3O3/c1-16(2)14-27-15-18(12-23(27)28)24(29)26-19-6-8-20(9-7-19)30-22-5-3-4-17-13-25-11-10-21(17)22/h3-5,10-11,13,16,18-20H,6-9,12,14-15H2,1-2H3,(H,26,29). The largest absolute Gasteiger partial charge is 0.490 e. The van der Waals surface area contributed by atoms with Crippen molar-refractivity contribution in [2.75, 3.05) is 13.1 Å². The van der Waals surface area contributed by atoms with Gasteiger partial charge in [0.25, 0.3) is 0 Å². The maximum atomic E-state index is 12.7. The van der Waals surface area contributed by atoms with Gasteiger partial charge in [0.1, 0.15) is 5.75 Å². The number of carbonyl (C=O) groups excluding carboxylic acids is 2. The molecular weight excluding hydrogens is 378 g/mol. The summed E-state index contributed by atoms with van der Waals surface area (Å²) >= 11 is 0. The molecule has 1 saturated carbocycles. The van der Waals surface area contributed by atoms with Gasteiger partial charge in [0, 0.05) is 48.7 Å². The van der Waals surface area contributed by atoms with E-state index in [1.165, 1.54) is 0 Å². The average Bonchev–Trinajstić information content (AvgIpc) is 3.09. The van der Waals surface area contributed by atoms with Crippen LogP contribution >= 0.6 is 0 Å². The van der Waals surface area contributed by atoms with Crippen LogP contribution in [0.5, 0.6) is 5.75 Å². The fraction of sp³-hybridized carbons (Fsp3) is 0.542. The Morgan fingerprint density at radius 3 is 2.80 bits per heavy atom. The van der Waals surface area contributed by atoms with Crippen LogP contribution in [0.4, 0.5) is 0 Å². The SMILES string of the molecule is CC(C)CN1CC(C(=O)NC2CCC(Oc3cccc4cnccc34)CC2)CC1=O. The fourth-order valence-electron chi connectivity index (χ4n) is 4.58. The Labute approximate surface area is 178 Å². The first-order valence-electron chi connectivity index (χ1n) is 11.1. The molecule has 0 spiro atoms. The van der Waals surface area contributed by atoms with Crippen molar-refractivity contribution < 1.29 is 14.3 Å². The number of rotatable bonds is 6. The summed E-state index contributed by atoms with van der Waals surface area (Å²) in [6.07, 6.45) is 7.77. The number of pyridine rings is 1. The van der Waals surface area contributed by atoms with Crippen molar-refractivity contribution in [3.8, 4) is 5.75 Å². The topological polar surface area (TPSA) is 71.5 Å². The molecule has 4 rings (SSSR count). The molecule has 1 aromatic heterocycles. The highest BCUT2D eigenvalue weighted by Gasteiger charge is 2.35. The molecule has 2 aliphatic rings. The Hall–Kier alpha value is -2.63. The number of nitrogens with one attached hydrogen (secondary N) is 1. The average molecular weight is 410 g/mol. The number of hydrogen-bond donors (Lipinski definition) is 1. The number of benzene rings is 1. The van der Waals surface area contributed by atoms with Crippen molar-refractivity contribution >= 4 is 22.6 Å². The minimum Gasteiger partial charge on any atom is -0.490 e. The van der Waals surface area contributed by atoms with Gasteiger partial charge in [0.2, 0.25) is 11.8 Å². The van der Waals surface area contributed by atoms with Crippen molar-refractivity contribution in [2.45, 2.75) is 58.1 Å². The van der Waals surface area contributed by atoms with E-state index in [4.69, 9.17) is 4.74 Å². The maximum absolute atomic E-state index is 12.7. The number of carbonyl (C=O) groups is 2. The molecule has 1 aliphatic heterocycles. The molecule has 2 amide bonds. The summed E-state index contributed by atoms with van der Waals surface area (Å²) in [5.41, 5.74) is 0. The quantitative estimate of drug-likeness (QED) is 0.792. The maximum Gasteiger partial charge on any atom is 0.225 e. The first-order chi connectivity index (χ1) is 14.5. The third kappa shape index (κ3) is 4.74. The van der Waals surface area contributed by atoms with E-state index >= 15 is 0 Å². The Kier molecular flexibility index (Phi) is 6.21. The van der Waals surface area contributed by atoms with Gasteiger partial charge in [-0.1, -0.05) is 26.0 Å². The normalized spacial score (nSPS) is 24.4. The number of likely N-dealkylation sites (tertiary alicyclic amines) is 1. The van der Waals surface area contributed by atoms with Gasteiger partial charge in [-0.05, 0) is 43.7 Å². The Balaban J connectivity index is 1.27. The first-order valence-corrected chi connectivity index (χ1v) is 11.1. The van der Waals surface area contributed by atoms with Gasteiger partial charge in [-0.3, -0.25) is 14.6 Å². The molecule has 2 fully saturated rings. The molecule has 1 aromatic carbocycles. The fourth-order valence-corrected chi connectivity index (χ4v) is 4.58. The van der Waals surface area contributed by atoms with E-state index in [1.807, 2.05) is 35.4 Å². The zero-order valence-electron chi connectivity index (χ0n) is 17.8. The van der Waals surface area contributed by atoms with Crippen LogP contribution in [-0.4, -0.2) is 46.9 Å². The highest BCUT2D eigenvalue weighted by Crippen LogP contribution is 2.29. The predicted molar refractivity (Wildman–Crippen MR) is 116 cm³/mol. The number of hydrogen-bond acceptors (Lipinski definition) is 4. The second-order valence-electron chi connectivity index (χ2n) is 9.05. The summed E-state index contributed by atoms with van der Waals surface area (Å²) < 4.78 is 6.29. The number of amides is 2. The van der Waals surface area contributed by atoms with E-state index in [0.717, 1.165) is 48.8 Å². The summed E-state index contributed by atoms with van der Waals surface area (Å²) in [6.45, 7) is 5.47. The molecular formula is C24H31N3O3. The van der Waals surface area contributed by atoms with Gasteiger partial charge < -0.3 is 15.0 Å². The third-order valence-electron chi connectivity index (χ3n) is 6.13. The molecule has 1 unspecified atom stereocenters. The molecule has 2 heterocycles. The molecule has 1 atom stereocenters. The lowest BCUT2D eigenvalue weighted by molar-refractivity contribution is -0.129. The van der Waals surface area contributed by atoms with Crippen LogP contribution < -0.4 is 10.1 Å². The van der Waals surface area contributed by atoms with E-state index < -0.39 is 0 Å². The molecule has 160 valence electrons. The summed E-state index contributed by atoms with van der Waals surface area (Å²) in [4.78, 5) is 30.8. The van der Waals surface area contributed by atoms with Crippen molar-refractivity contribution in [3.63, 3.8) is 0 Å². The molecule has 30 heavy (non-hydrogen) atoms. The zero-order valence-corrected chi connectivity index (χ0v) is 17.8. The second kappa shape index (κ2) is 9.02. The van der Waals surface area contributed by atoms with Crippen LogP contribution in [0.1, 0.15) is 46.0 Å². The van der Waals surface area contributed by atoms with E-state index in [-0.39, 0.29) is 29.9 Å². The number of nitrogens with zero attached hydrogens (tertiary/aromatic N) is 2. The molecule has 0 radical (unpaired) electrons. The van der Waals surface area contributed by atoms with Crippen LogP contribution in [0.2, 0.25) is 0 Å². The zero-order chi connectivity index (χ0) is 21.1. The lowest BCUT2D eigenvalue weighted by Crippen LogP contribution is -2.43. The lowest BCUT2D eigenvalue weighted by Gasteiger charge is -2.30. The highest BCUT2D eigenvalue weighted by molar-refractivity contribution is 5.89. The van der Waals surface area contributed by atoms with E-state index in [9.17, 15) is 9.59 Å². The van der Waals surface area contributed by atoms with Gasteiger partial charge in [0.15, 0.2) is 0 Å². The Bertz CT molecular complexity index is 900. The van der Waals surface area contributed by atoms with Crippen LogP contribution in [0.15, 0.2) is 36.7 Å². The molecule has 1 saturated heterocycles. The monoisotopic (exact) mass is 409 g/mol. The summed E-state index contributed by atoms with van der Waals surface area (Å²) in [7, 11) is 0. The van der Waals surface area contributed by atoms with Crippen molar-refractivity contribution in [2.24, 2.45) is 11.8 Å². The molecule has 2 aromatic rings. The minimum atomic E-state index is -0.213. The van der Waals surface area contributed by atoms with Gasteiger partial charge in [-0.2, -0.15) is 0 Å². The number of aromatic nitrogens is 1. The van der Waals surface area contributed by atoms with Crippen molar-refractivity contribution in [1.82, 2.24) is 15.2 Å². The first kappa shape index (κ1) is 20.6. The Morgan fingerprint density at radius 1 is 1.23 bits per heavy atom. The van der Waals surface area contributed by atoms with Gasteiger partial charge >= 0.3 is 0 Å². The van der Waals surface area contributed by atoms with Crippen LogP contribution in [0, 0.1) is 11.8 Å². The van der Waals surface area contributed by atoms with Gasteiger partial charge in [0.05, 0.1) is 12.0 Å². The summed E-state index contributed by atoms with van der Waals surface area (Å²) in [5, 5.41) is 5.35. The third-order valence-corrected chi connectivity index (χ3v) is 6.13. The molecule has 6 nitrogen and oxygen atoms in total. The Morgan fingerprint density at radius 2 is 2.03 bits per heavy atom. The minimum absolute atomic E-state index is 0.0283. The van der Waals surface area contributed by atoms with Crippen LogP contribution in [-0.2, 0) is 9.59 Å². The summed E-state index contributed by atoms with van der Waals surface area (Å²) in [6, 6.07) is 8.20. The number of fused-ring (bicyclic) bond motifs is 1. The molecule has 0 bridgehead atoms. The van der Waals surface area contributed by atoms with Crippen molar-refractivity contribution in [3.05, 3.63) is 36.7 Å². The van der Waals surface area contributed by atoms with E-state index in [0.29, 0.717) is 18.9 Å². The van der Waals surface area contributed by atoms with Crippen LogP contribution in [0.3, 0.4) is 0 Å². The highest BCUT2D eigenvalue weighted by atomic mass is 16.5. The molecule has 1 N–H and O–H groups in total. The van der Waals surface area contributed by atoms with Crippen LogP contribution in [0.25, 0.3) is 10.8 Å². The van der Waals surface area contributed by atoms with Gasteiger partial charge in [-0.25, -0.2) is 0 Å². The van der Waals surface area contributed by atoms with E-state index in [2.05, 4.69) is 24.1 Å². The second-order valence-corrected chi connectivity index (χ2v) is 9.05. The smallest absolute Gasteiger partial charge is 0.225 e. The van der Waals surface area contributed by atoms with Crippen molar-refractivity contribution in [1.29, 1.82) is 0 Å². The molecule has 6 heteroatoms. The number of ether oxygens (including phenoxy) is 1.